The second-order valence-corrected chi connectivity index (χ2v) is 10.7. The smallest absolute Gasteiger partial charge is 0.255 e. The molecular weight excluding hydrogens is 506 g/mol. The van der Waals surface area contributed by atoms with E-state index >= 15 is 0 Å². The Labute approximate surface area is 224 Å². The molecule has 9 heteroatoms. The van der Waals surface area contributed by atoms with Gasteiger partial charge in [-0.05, 0) is 56.3 Å². The number of nitrogens with one attached hydrogen (secondary N) is 2. The Hall–Kier alpha value is -3.82. The van der Waals surface area contributed by atoms with Crippen LogP contribution in [0.1, 0.15) is 22.2 Å². The molecule has 0 fully saturated rings. The highest BCUT2D eigenvalue weighted by Crippen LogP contribution is 2.32. The highest BCUT2D eigenvalue weighted by molar-refractivity contribution is 8.00. The number of nitrogens with zero attached hydrogens (tertiary/aromatic N) is 1. The summed E-state index contributed by atoms with van der Waals surface area (Å²) in [5.74, 6) is 0.658. The molecule has 2 amide bonds. The zero-order chi connectivity index (χ0) is 26.4. The fraction of sp³-hybridized carbons (Fsp3) is 0.179. The van der Waals surface area contributed by atoms with Crippen LogP contribution in [-0.2, 0) is 4.79 Å². The van der Waals surface area contributed by atoms with Crippen LogP contribution >= 0.6 is 23.1 Å². The number of ether oxygens (including phenoxy) is 2. The highest BCUT2D eigenvalue weighted by Gasteiger charge is 2.18. The van der Waals surface area contributed by atoms with Gasteiger partial charge in [-0.15, -0.1) is 23.1 Å². The van der Waals surface area contributed by atoms with Crippen LogP contribution < -0.4 is 20.1 Å². The number of thiazole rings is 1. The van der Waals surface area contributed by atoms with Gasteiger partial charge in [0.15, 0.2) is 16.6 Å². The van der Waals surface area contributed by atoms with E-state index in [0.717, 1.165) is 21.0 Å². The van der Waals surface area contributed by atoms with Gasteiger partial charge in [0, 0.05) is 26.6 Å². The molecule has 0 spiro atoms. The molecule has 0 saturated heterocycles. The molecule has 0 aliphatic carbocycles. The number of aromatic nitrogens is 1. The summed E-state index contributed by atoms with van der Waals surface area (Å²) in [5, 5.41) is 6.06. The molecule has 0 radical (unpaired) electrons. The first-order valence-corrected chi connectivity index (χ1v) is 13.2. The van der Waals surface area contributed by atoms with Crippen LogP contribution in [0.3, 0.4) is 0 Å². The molecule has 0 aliphatic rings. The Kier molecular flexibility index (Phi) is 8.47. The lowest BCUT2D eigenvalue weighted by molar-refractivity contribution is -0.115. The number of methoxy groups -OCH3 is 2. The van der Waals surface area contributed by atoms with E-state index < -0.39 is 0 Å². The van der Waals surface area contributed by atoms with Crippen LogP contribution in [0.4, 0.5) is 10.8 Å². The second-order valence-electron chi connectivity index (χ2n) is 8.09. The van der Waals surface area contributed by atoms with E-state index in [-0.39, 0.29) is 17.1 Å². The molecule has 37 heavy (non-hydrogen) atoms. The molecule has 0 saturated carbocycles. The topological polar surface area (TPSA) is 89.5 Å². The number of rotatable bonds is 9. The molecule has 1 atom stereocenters. The van der Waals surface area contributed by atoms with E-state index in [4.69, 9.17) is 9.47 Å². The maximum Gasteiger partial charge on any atom is 0.255 e. The molecule has 0 bridgehead atoms. The zero-order valence-corrected chi connectivity index (χ0v) is 22.5. The van der Waals surface area contributed by atoms with Gasteiger partial charge in [0.05, 0.1) is 25.2 Å². The van der Waals surface area contributed by atoms with E-state index in [1.54, 1.807) is 25.3 Å². The molecule has 0 aliphatic heterocycles. The minimum atomic E-state index is -0.336. The summed E-state index contributed by atoms with van der Waals surface area (Å²) in [7, 11) is 3.07. The Morgan fingerprint density at radius 1 is 0.919 bits per heavy atom. The number of carbonyl (C=O) groups excluding carboxylic acids is 2. The molecule has 4 aromatic rings. The number of benzene rings is 3. The quantitative estimate of drug-likeness (QED) is 0.239. The average molecular weight is 534 g/mol. The van der Waals surface area contributed by atoms with Crippen molar-refractivity contribution in [2.45, 2.75) is 24.0 Å². The maximum absolute atomic E-state index is 12.8. The lowest BCUT2D eigenvalue weighted by Gasteiger charge is -2.12. The van der Waals surface area contributed by atoms with Crippen molar-refractivity contribution in [3.05, 3.63) is 83.2 Å². The predicted octanol–water partition coefficient (Wildman–Crippen LogP) is 6.51. The Bertz CT molecular complexity index is 1390. The summed E-state index contributed by atoms with van der Waals surface area (Å²) in [5.41, 5.74) is 3.01. The summed E-state index contributed by atoms with van der Waals surface area (Å²) < 4.78 is 10.5. The van der Waals surface area contributed by atoms with Crippen molar-refractivity contribution in [1.29, 1.82) is 0 Å². The first-order valence-electron chi connectivity index (χ1n) is 11.5. The third-order valence-electron chi connectivity index (χ3n) is 5.51. The molecule has 7 nitrogen and oxygen atoms in total. The monoisotopic (exact) mass is 533 g/mol. The second kappa shape index (κ2) is 11.9. The normalized spacial score (nSPS) is 11.5. The maximum atomic E-state index is 12.8. The van der Waals surface area contributed by atoms with Crippen LogP contribution in [0.2, 0.25) is 0 Å². The van der Waals surface area contributed by atoms with Gasteiger partial charge in [-0.25, -0.2) is 4.98 Å². The van der Waals surface area contributed by atoms with Gasteiger partial charge in [0.25, 0.3) is 5.91 Å². The molecule has 3 aromatic carbocycles. The molecular formula is C28H27N3O4S2. The van der Waals surface area contributed by atoms with E-state index in [1.165, 1.54) is 30.2 Å². The van der Waals surface area contributed by atoms with Gasteiger partial charge in [-0.2, -0.15) is 0 Å². The van der Waals surface area contributed by atoms with Gasteiger partial charge in [0.1, 0.15) is 0 Å². The molecule has 2 N–H and O–H groups in total. The number of aryl methyl sites for hydroxylation is 1. The minimum Gasteiger partial charge on any atom is -0.493 e. The summed E-state index contributed by atoms with van der Waals surface area (Å²) in [6, 6.07) is 22.3. The zero-order valence-electron chi connectivity index (χ0n) is 20.9. The fourth-order valence-corrected chi connectivity index (χ4v) is 5.28. The van der Waals surface area contributed by atoms with E-state index in [9.17, 15) is 9.59 Å². The van der Waals surface area contributed by atoms with Crippen molar-refractivity contribution >= 4 is 45.7 Å². The Morgan fingerprint density at radius 3 is 2.30 bits per heavy atom. The number of thioether (sulfide) groups is 1. The minimum absolute atomic E-state index is 0.121. The number of hydrogen-bond acceptors (Lipinski definition) is 7. The standard InChI is InChI=1S/C28H27N3O4S2/c1-17-25(19-8-6-5-7-9-19)30-28(37-17)31-26(32)18(2)36-22-13-11-21(12-14-22)29-27(33)20-10-15-23(34-3)24(16-20)35-4/h5-16,18H,1-4H3,(H,29,33)(H,30,31,32). The number of anilines is 2. The van der Waals surface area contributed by atoms with Crippen molar-refractivity contribution in [1.82, 2.24) is 4.98 Å². The number of hydrogen-bond donors (Lipinski definition) is 2. The van der Waals surface area contributed by atoms with Crippen molar-refractivity contribution in [3.63, 3.8) is 0 Å². The summed E-state index contributed by atoms with van der Waals surface area (Å²) in [6.07, 6.45) is 0. The molecule has 4 rings (SSSR count). The fourth-order valence-electron chi connectivity index (χ4n) is 3.58. The highest BCUT2D eigenvalue weighted by atomic mass is 32.2. The Balaban J connectivity index is 1.34. The molecule has 1 unspecified atom stereocenters. The predicted molar refractivity (Wildman–Crippen MR) is 150 cm³/mol. The van der Waals surface area contributed by atoms with Crippen LogP contribution in [0.15, 0.2) is 77.7 Å². The Morgan fingerprint density at radius 2 is 1.62 bits per heavy atom. The van der Waals surface area contributed by atoms with E-state index in [0.29, 0.717) is 27.9 Å². The van der Waals surface area contributed by atoms with Crippen molar-refractivity contribution < 1.29 is 19.1 Å². The average Bonchev–Trinajstić information content (AvgIpc) is 3.29. The van der Waals surface area contributed by atoms with Gasteiger partial charge in [-0.1, -0.05) is 30.3 Å². The number of amides is 2. The van der Waals surface area contributed by atoms with Crippen LogP contribution in [-0.4, -0.2) is 36.3 Å². The van der Waals surface area contributed by atoms with E-state index in [2.05, 4.69) is 15.6 Å². The molecule has 1 aromatic heterocycles. The van der Waals surface area contributed by atoms with E-state index in [1.807, 2.05) is 68.4 Å². The lowest BCUT2D eigenvalue weighted by Crippen LogP contribution is -2.22. The van der Waals surface area contributed by atoms with Crippen molar-refractivity contribution in [2.24, 2.45) is 0 Å². The van der Waals surface area contributed by atoms with Gasteiger partial charge >= 0.3 is 0 Å². The SMILES string of the molecule is COc1ccc(C(=O)Nc2ccc(SC(C)C(=O)Nc3nc(-c4ccccc4)c(C)s3)cc2)cc1OC. The summed E-state index contributed by atoms with van der Waals surface area (Å²) >= 11 is 2.90. The largest absolute Gasteiger partial charge is 0.493 e. The number of carbonyl (C=O) groups is 2. The third kappa shape index (κ3) is 6.49. The van der Waals surface area contributed by atoms with Gasteiger partial charge in [0.2, 0.25) is 5.91 Å². The molecule has 1 heterocycles. The van der Waals surface area contributed by atoms with Crippen molar-refractivity contribution in [3.8, 4) is 22.8 Å². The molecule has 190 valence electrons. The van der Waals surface area contributed by atoms with Gasteiger partial charge in [-0.3, -0.25) is 9.59 Å². The van der Waals surface area contributed by atoms with Crippen molar-refractivity contribution in [2.75, 3.05) is 24.9 Å². The van der Waals surface area contributed by atoms with Crippen LogP contribution in [0, 0.1) is 6.92 Å². The summed E-state index contributed by atoms with van der Waals surface area (Å²) in [4.78, 5) is 32.0. The lowest BCUT2D eigenvalue weighted by atomic mass is 10.1. The van der Waals surface area contributed by atoms with Crippen LogP contribution in [0.25, 0.3) is 11.3 Å². The third-order valence-corrected chi connectivity index (χ3v) is 7.51. The first kappa shape index (κ1) is 26.2. The van der Waals surface area contributed by atoms with Crippen LogP contribution in [0.5, 0.6) is 11.5 Å². The first-order chi connectivity index (χ1) is 17.9. The summed E-state index contributed by atoms with van der Waals surface area (Å²) in [6.45, 7) is 3.85. The van der Waals surface area contributed by atoms with Gasteiger partial charge < -0.3 is 20.1 Å².